The molecule has 0 spiro atoms. The van der Waals surface area contributed by atoms with Crippen LogP contribution in [0.1, 0.15) is 11.1 Å². The molecule has 1 aromatic carbocycles. The van der Waals surface area contributed by atoms with Gasteiger partial charge in [-0.1, -0.05) is 5.69 Å². The predicted octanol–water partition coefficient (Wildman–Crippen LogP) is 2.79. The number of rotatable bonds is 5. The number of halogens is 3. The fourth-order valence-corrected chi connectivity index (χ4v) is 1.77. The zero-order valence-corrected chi connectivity index (χ0v) is 16.6. The van der Waals surface area contributed by atoms with Crippen LogP contribution in [-0.2, 0) is 6.61 Å². The summed E-state index contributed by atoms with van der Waals surface area (Å²) < 4.78 is 28.8. The minimum atomic E-state index is -3.08. The molecule has 0 unspecified atom stereocenters. The van der Waals surface area contributed by atoms with Crippen molar-refractivity contribution < 1.29 is 49.4 Å². The molecular formula is C15H15F3N4OU. The first-order valence-electron chi connectivity index (χ1n) is 6.42. The minimum absolute atomic E-state index is 0. The number of pyridine rings is 1. The Morgan fingerprint density at radius 3 is 2.38 bits per heavy atom. The Morgan fingerprint density at radius 1 is 1.29 bits per heavy atom. The number of aliphatic hydroxyl groups excluding tert-OH is 1. The van der Waals surface area contributed by atoms with E-state index in [1.807, 2.05) is 12.1 Å². The van der Waals surface area contributed by atoms with Gasteiger partial charge >= 0.3 is 31.1 Å². The molecule has 0 bridgehead atoms. The van der Waals surface area contributed by atoms with Crippen molar-refractivity contribution in [3.63, 3.8) is 0 Å². The van der Waals surface area contributed by atoms with E-state index >= 15 is 0 Å². The maximum Gasteiger partial charge on any atom is 2.00 e. The molecule has 0 saturated carbocycles. The third kappa shape index (κ3) is 7.45. The summed E-state index contributed by atoms with van der Waals surface area (Å²) in [6, 6.07) is 11.9. The first-order chi connectivity index (χ1) is 11.0. The number of benzene rings is 1. The molecule has 2 aromatic rings. The fourth-order valence-electron chi connectivity index (χ4n) is 1.77. The molecule has 1 heterocycles. The van der Waals surface area contributed by atoms with E-state index in [-0.39, 0.29) is 50.0 Å². The van der Waals surface area contributed by atoms with E-state index in [1.54, 1.807) is 24.4 Å². The second-order valence-electron chi connectivity index (χ2n) is 4.16. The number of hydrogen-bond acceptors (Lipinski definition) is 5. The average Bonchev–Trinajstić information content (AvgIpc) is 2.54. The largest absolute Gasteiger partial charge is 2.00 e. The number of aromatic nitrogens is 1. The summed E-state index contributed by atoms with van der Waals surface area (Å²) in [5.74, 6) is 0.521. The van der Waals surface area contributed by atoms with Gasteiger partial charge in [0, 0.05) is 18.3 Å². The van der Waals surface area contributed by atoms with Crippen LogP contribution in [0.25, 0.3) is 0 Å². The predicted molar refractivity (Wildman–Crippen MR) is 81.2 cm³/mol. The van der Waals surface area contributed by atoms with E-state index in [2.05, 4.69) is 16.4 Å². The van der Waals surface area contributed by atoms with Crippen molar-refractivity contribution in [2.24, 2.45) is 5.73 Å². The summed E-state index contributed by atoms with van der Waals surface area (Å²) in [5, 5.41) is 20.4. The molecule has 5 N–H and O–H groups in total. The van der Waals surface area contributed by atoms with E-state index in [4.69, 9.17) is 11.1 Å². The van der Waals surface area contributed by atoms with Crippen molar-refractivity contribution in [3.8, 4) is 0 Å². The SMILES string of the molecule is F[C-](F)F.N=C(CN)c1c(CO)ccnc1Nc1cc[c-]cc1.[U+2]. The summed E-state index contributed by atoms with van der Waals surface area (Å²) in [6.07, 6.45) is 1.59. The quantitative estimate of drug-likeness (QED) is 0.333. The van der Waals surface area contributed by atoms with E-state index in [0.717, 1.165) is 5.69 Å². The average molecular weight is 562 g/mol. The van der Waals surface area contributed by atoms with Gasteiger partial charge in [0.25, 0.3) is 0 Å². The normalized spacial score (nSPS) is 9.58. The van der Waals surface area contributed by atoms with Gasteiger partial charge in [0.2, 0.25) is 0 Å². The Kier molecular flexibility index (Phi) is 11.3. The number of nitrogens with two attached hydrogens (primary N) is 1. The van der Waals surface area contributed by atoms with Crippen molar-refractivity contribution in [2.45, 2.75) is 6.61 Å². The van der Waals surface area contributed by atoms with E-state index < -0.39 is 6.68 Å². The van der Waals surface area contributed by atoms with Crippen LogP contribution < -0.4 is 11.1 Å². The van der Waals surface area contributed by atoms with Gasteiger partial charge in [0.05, 0.1) is 12.3 Å². The third-order valence-electron chi connectivity index (χ3n) is 2.69. The topological polar surface area (TPSA) is 95.0 Å². The smallest absolute Gasteiger partial charge is 0.392 e. The Labute approximate surface area is 161 Å². The summed E-state index contributed by atoms with van der Waals surface area (Å²) in [5.41, 5.74) is 7.79. The number of nitrogens with one attached hydrogen (secondary N) is 2. The fraction of sp³-hybridized carbons (Fsp3) is 0.133. The van der Waals surface area contributed by atoms with Gasteiger partial charge in [-0.2, -0.15) is 18.2 Å². The molecule has 1 aromatic heterocycles. The molecule has 24 heavy (non-hydrogen) atoms. The number of nitrogens with zero attached hydrogens (tertiary/aromatic N) is 1. The zero-order valence-electron chi connectivity index (χ0n) is 12.5. The van der Waals surface area contributed by atoms with Crippen LogP contribution in [0, 0.1) is 49.3 Å². The van der Waals surface area contributed by atoms with Gasteiger partial charge in [-0.25, -0.2) is 4.98 Å². The molecule has 9 heteroatoms. The monoisotopic (exact) mass is 562 g/mol. The van der Waals surface area contributed by atoms with Gasteiger partial charge < -0.3 is 34.7 Å². The van der Waals surface area contributed by atoms with Crippen LogP contribution in [0.5, 0.6) is 0 Å². The van der Waals surface area contributed by atoms with Gasteiger partial charge in [-0.15, -0.1) is 12.1 Å². The molecular weight excluding hydrogens is 547 g/mol. The molecule has 0 aliphatic heterocycles. The van der Waals surface area contributed by atoms with Crippen molar-refractivity contribution >= 4 is 17.2 Å². The van der Waals surface area contributed by atoms with Crippen LogP contribution in [0.3, 0.4) is 0 Å². The number of anilines is 2. The molecule has 2 rings (SSSR count). The van der Waals surface area contributed by atoms with Gasteiger partial charge in [0.15, 0.2) is 6.68 Å². The van der Waals surface area contributed by atoms with Crippen molar-refractivity contribution in [1.82, 2.24) is 4.98 Å². The van der Waals surface area contributed by atoms with Crippen molar-refractivity contribution in [2.75, 3.05) is 11.9 Å². The van der Waals surface area contributed by atoms with Crippen LogP contribution >= 0.6 is 0 Å². The summed E-state index contributed by atoms with van der Waals surface area (Å²) >= 11 is 0. The molecule has 0 radical (unpaired) electrons. The maximum absolute atomic E-state index is 9.58. The van der Waals surface area contributed by atoms with Crippen molar-refractivity contribution in [3.05, 3.63) is 60.4 Å². The second-order valence-corrected chi connectivity index (χ2v) is 4.16. The Balaban J connectivity index is 0.000000954. The van der Waals surface area contributed by atoms with E-state index in [0.29, 0.717) is 16.9 Å². The molecule has 0 fully saturated rings. The number of hydrogen-bond donors (Lipinski definition) is 4. The van der Waals surface area contributed by atoms with Crippen LogP contribution in [0.2, 0.25) is 0 Å². The molecule has 5 nitrogen and oxygen atoms in total. The van der Waals surface area contributed by atoms with Crippen molar-refractivity contribution in [1.29, 1.82) is 5.41 Å². The number of aliphatic hydroxyl groups is 1. The first-order valence-corrected chi connectivity index (χ1v) is 6.42. The molecule has 126 valence electrons. The molecule has 0 saturated heterocycles. The van der Waals surface area contributed by atoms with Crippen LogP contribution in [-0.4, -0.2) is 22.3 Å². The van der Waals surface area contributed by atoms with Crippen LogP contribution in [0.4, 0.5) is 24.7 Å². The van der Waals surface area contributed by atoms with Crippen LogP contribution in [0.15, 0.2) is 36.5 Å². The third-order valence-corrected chi connectivity index (χ3v) is 2.69. The van der Waals surface area contributed by atoms with Gasteiger partial charge in [-0.3, -0.25) is 0 Å². The molecule has 0 aliphatic carbocycles. The second kappa shape index (κ2) is 12.0. The maximum atomic E-state index is 9.58. The minimum Gasteiger partial charge on any atom is -0.392 e. The van der Waals surface area contributed by atoms with Gasteiger partial charge in [-0.05, 0) is 11.6 Å². The summed E-state index contributed by atoms with van der Waals surface area (Å²) in [7, 11) is 0. The summed E-state index contributed by atoms with van der Waals surface area (Å²) in [4.78, 5) is 4.22. The van der Waals surface area contributed by atoms with Gasteiger partial charge in [0.1, 0.15) is 5.82 Å². The summed E-state index contributed by atoms with van der Waals surface area (Å²) in [6.45, 7) is -3.15. The molecule has 0 aliphatic rings. The Morgan fingerprint density at radius 2 is 1.88 bits per heavy atom. The first kappa shape index (κ1) is 22.6. The van der Waals surface area contributed by atoms with E-state index in [1.165, 1.54) is 0 Å². The molecule has 0 atom stereocenters. The zero-order chi connectivity index (χ0) is 17.2. The molecule has 0 amide bonds. The Bertz CT molecular complexity index is 627. The Hall–Kier alpha value is -1.40. The van der Waals surface area contributed by atoms with E-state index in [9.17, 15) is 18.3 Å². The standard InChI is InChI=1S/C14H15N4O.CF3.U/c15-8-12(16)13-10(9-19)6-7-17-14(13)18-11-4-2-1-3-5-11;2-1(3)4;/h2-7,16,19H,8-9,15H2,(H,17,18);;/q2*-1;+2.